The summed E-state index contributed by atoms with van der Waals surface area (Å²) in [5, 5.41) is 5.26. The van der Waals surface area contributed by atoms with Crippen molar-refractivity contribution in [3.63, 3.8) is 0 Å². The summed E-state index contributed by atoms with van der Waals surface area (Å²) in [4.78, 5) is 118. The zero-order chi connectivity index (χ0) is 65.8. The van der Waals surface area contributed by atoms with Gasteiger partial charge in [0.1, 0.15) is 15.8 Å². The fourth-order valence-electron chi connectivity index (χ4n) is 5.88. The third-order valence-electron chi connectivity index (χ3n) is 10.8. The number of rotatable bonds is 44. The maximum Gasteiger partial charge on any atom is 0.334 e. The van der Waals surface area contributed by atoms with Crippen molar-refractivity contribution in [2.45, 2.75) is 146 Å². The molecule has 5 atom stereocenters. The number of amides is 5. The van der Waals surface area contributed by atoms with E-state index in [2.05, 4.69) is 32.4 Å². The van der Waals surface area contributed by atoms with E-state index in [-0.39, 0.29) is 48.8 Å². The molecule has 500 valence electrons. The molecule has 0 radical (unpaired) electrons. The number of hydrogen-bond donors (Lipinski definition) is 8. The second kappa shape index (κ2) is 55.5. The molecule has 1 aliphatic heterocycles. The number of hydroxylamine groups is 2. The predicted molar refractivity (Wildman–Crippen MR) is 358 cm³/mol. The van der Waals surface area contributed by atoms with Crippen LogP contribution in [0.2, 0.25) is 0 Å². The van der Waals surface area contributed by atoms with Crippen LogP contribution < -0.4 is 22.5 Å². The number of ketones is 1. The number of nitrogens with two attached hydrogens (primary N) is 3. The summed E-state index contributed by atoms with van der Waals surface area (Å²) in [6.07, 6.45) is 17.6. The first-order chi connectivity index (χ1) is 41.1. The molecule has 1 aliphatic rings. The lowest BCUT2D eigenvalue weighted by Gasteiger charge is -2.12. The maximum atomic E-state index is 11.8. The van der Waals surface area contributed by atoms with Crippen LogP contribution in [0.4, 0.5) is 0 Å². The Hall–Kier alpha value is -2.15. The zero-order valence-electron chi connectivity index (χ0n) is 50.6. The van der Waals surface area contributed by atoms with Crippen LogP contribution in [-0.4, -0.2) is 153 Å². The Morgan fingerprint density at radius 3 is 1.47 bits per heavy atom. The zero-order valence-corrected chi connectivity index (χ0v) is 59.1. The number of imide groups is 1. The summed E-state index contributed by atoms with van der Waals surface area (Å²) >= 11 is 3.85. The minimum Gasteiger partial charge on any atom is -0.369 e. The van der Waals surface area contributed by atoms with Gasteiger partial charge in [-0.25, -0.2) is 14.8 Å². The van der Waals surface area contributed by atoms with Gasteiger partial charge in [-0.05, 0) is 90.9 Å². The predicted octanol–water partition coefficient (Wildman–Crippen LogP) is 10.5. The maximum absolute atomic E-state index is 11.8. The third-order valence-corrected chi connectivity index (χ3v) is 20.4. The molecule has 3 rings (SSSR count). The van der Waals surface area contributed by atoms with Crippen molar-refractivity contribution in [3.8, 4) is 0 Å². The highest BCUT2D eigenvalue weighted by Gasteiger charge is 2.32. The van der Waals surface area contributed by atoms with Crippen molar-refractivity contribution in [2.24, 2.45) is 29.0 Å². The highest BCUT2D eigenvalue weighted by Crippen LogP contribution is 2.38. The first-order valence-corrected chi connectivity index (χ1v) is 42.2. The van der Waals surface area contributed by atoms with Crippen LogP contribution in [0.25, 0.3) is 0 Å². The van der Waals surface area contributed by atoms with Crippen molar-refractivity contribution < 1.29 is 80.3 Å². The molecule has 10 N–H and O–H groups in total. The van der Waals surface area contributed by atoms with Crippen molar-refractivity contribution in [2.75, 3.05) is 81.7 Å². The highest BCUT2D eigenvalue weighted by molar-refractivity contribution is 8.77. The van der Waals surface area contributed by atoms with Crippen LogP contribution in [0.15, 0.2) is 58.8 Å². The molecule has 1 fully saturated rings. The van der Waals surface area contributed by atoms with Gasteiger partial charge in [-0.15, -0.1) is 5.06 Å². The van der Waals surface area contributed by atoms with Gasteiger partial charge in [-0.2, -0.15) is 12.6 Å². The highest BCUT2D eigenvalue weighted by atomic mass is 33.1. The van der Waals surface area contributed by atoms with E-state index in [1.807, 2.05) is 36.4 Å². The molecule has 34 heteroatoms. The van der Waals surface area contributed by atoms with Gasteiger partial charge in [0.05, 0.1) is 26.2 Å². The van der Waals surface area contributed by atoms with E-state index in [1.54, 1.807) is 69.4 Å². The van der Waals surface area contributed by atoms with Crippen LogP contribution in [0, 0.1) is 11.8 Å². The number of carbonyl (C=O) groups is 7. The van der Waals surface area contributed by atoms with Crippen molar-refractivity contribution in [1.29, 1.82) is 0 Å². The van der Waals surface area contributed by atoms with Gasteiger partial charge in [0.2, 0.25) is 17.7 Å². The SMILES string of the molecule is CC(CS)C(N)=O.CC(CSSCCC(=O)NCCCCCCOP(C)(=O)O)C(N)=O.CP(=O)(O)OCCCCCCCC(=O)CCSSc1ccccn1.CP(=O)(O)OCCCCCCN.O=C(CCSSc1ccccn1)ON1C(=O)CCC1=O. The molecule has 0 aliphatic carbocycles. The molecular formula is C53H94N7O17P3S7. The summed E-state index contributed by atoms with van der Waals surface area (Å²) in [6.45, 7) is 9.46. The summed E-state index contributed by atoms with van der Waals surface area (Å²) in [5.74, 6) is 1.25. The molecule has 3 heterocycles. The lowest BCUT2D eigenvalue weighted by Crippen LogP contribution is -2.32. The van der Waals surface area contributed by atoms with E-state index < -0.39 is 40.6 Å². The summed E-state index contributed by atoms with van der Waals surface area (Å²) in [5.41, 5.74) is 15.3. The standard InChI is InChI=1S/C16H26NO4PS2.C14H29N2O5PS2.C12H12N2O4S2.C7H18NO3P.C4H9NOS/c1-22(19,20)21-13-8-4-2-3-5-9-15(18)11-14-23-24-16-10-6-7-12-17-16;1-12(14(15)18)11-24-23-10-7-13(17)16-8-5-3-4-6-9-21-22(2,19)20;15-10-4-5-11(16)14(10)18-12(17)6-8-19-20-9-3-1-2-7-13-9;1-12(9,10)11-7-5-3-2-4-6-8;1-3(2-7)4(5)6/h6-7,10,12H,2-5,8-9,11,13-14H2,1H3,(H,19,20);12H,3-11H2,1-2H3,(H2,15,18)(H,16,17)(H,19,20);1-3,7H,4-6,8H2;2-8H2,1H3,(H,9,10);3,7H,2H2,1H3,(H2,5,6). The van der Waals surface area contributed by atoms with E-state index >= 15 is 0 Å². The number of thiol groups is 1. The van der Waals surface area contributed by atoms with Crippen LogP contribution in [0.1, 0.15) is 136 Å². The minimum atomic E-state index is -3.35. The average molecular weight is 1420 g/mol. The first kappa shape index (κ1) is 86.9. The van der Waals surface area contributed by atoms with Crippen LogP contribution in [0.5, 0.6) is 0 Å². The van der Waals surface area contributed by atoms with Crippen molar-refractivity contribution in [3.05, 3.63) is 48.8 Å². The molecule has 24 nitrogen and oxygen atoms in total. The molecule has 1 saturated heterocycles. The Morgan fingerprint density at radius 1 is 0.609 bits per heavy atom. The normalized spacial score (nSPS) is 14.5. The lowest BCUT2D eigenvalue weighted by atomic mass is 10.1. The minimum absolute atomic E-state index is 0.0292. The van der Waals surface area contributed by atoms with Crippen molar-refractivity contribution >= 4 is 141 Å². The third kappa shape index (κ3) is 61.1. The summed E-state index contributed by atoms with van der Waals surface area (Å²) in [6, 6.07) is 11.4. The molecule has 5 unspecified atom stereocenters. The molecular weight excluding hydrogens is 1320 g/mol. The number of aromatic nitrogens is 2. The van der Waals surface area contributed by atoms with Crippen molar-refractivity contribution in [1.82, 2.24) is 20.3 Å². The Bertz CT molecular complexity index is 2320. The number of nitrogens with zero attached hydrogens (tertiary/aromatic N) is 3. The van der Waals surface area contributed by atoms with E-state index in [0.717, 1.165) is 99.3 Å². The van der Waals surface area contributed by atoms with E-state index in [9.17, 15) is 47.3 Å². The molecule has 2 aromatic rings. The Kier molecular flexibility index (Phi) is 55.4. The average Bonchev–Trinajstić information content (AvgIpc) is 4.07. The number of pyridine rings is 2. The second-order valence-electron chi connectivity index (χ2n) is 19.3. The molecule has 2 aromatic heterocycles. The van der Waals surface area contributed by atoms with Gasteiger partial charge in [-0.1, -0.05) is 114 Å². The topological polar surface area (TPSA) is 387 Å². The summed E-state index contributed by atoms with van der Waals surface area (Å²) in [7, 11) is -0.602. The Labute approximate surface area is 543 Å². The quantitative estimate of drug-likeness (QED) is 0.0100. The molecule has 0 spiro atoms. The van der Waals surface area contributed by atoms with Gasteiger partial charge < -0.3 is 55.6 Å². The Morgan fingerprint density at radius 2 is 1.05 bits per heavy atom. The monoisotopic (exact) mass is 1420 g/mol. The van der Waals surface area contributed by atoms with Gasteiger partial charge in [-0.3, -0.25) is 42.5 Å². The van der Waals surface area contributed by atoms with Crippen LogP contribution >= 0.6 is 100 Å². The molecule has 0 saturated carbocycles. The fraction of sp³-hybridized carbons (Fsp3) is 0.679. The molecule has 5 amide bonds. The molecule has 0 aromatic carbocycles. The molecule has 0 bridgehead atoms. The fourth-order valence-corrected chi connectivity index (χ4v) is 13.6. The second-order valence-corrected chi connectivity index (χ2v) is 32.7. The lowest BCUT2D eigenvalue weighted by molar-refractivity contribution is -0.197. The van der Waals surface area contributed by atoms with Gasteiger partial charge >= 0.3 is 28.8 Å². The number of carbonyl (C=O) groups excluding carboxylic acids is 7. The number of unbranched alkanes of at least 4 members (excludes halogenated alkanes) is 10. The van der Waals surface area contributed by atoms with Gasteiger partial charge in [0.25, 0.3) is 11.8 Å². The Balaban J connectivity index is 0. The summed E-state index contributed by atoms with van der Waals surface area (Å²) < 4.78 is 46.7. The van der Waals surface area contributed by atoms with Gasteiger partial charge in [0, 0.05) is 112 Å². The van der Waals surface area contributed by atoms with Crippen LogP contribution in [-0.2, 0) is 65.7 Å². The number of nitrogens with one attached hydrogen (secondary N) is 1. The van der Waals surface area contributed by atoms with E-state index in [1.165, 1.54) is 41.6 Å². The number of primary amides is 2. The first-order valence-electron chi connectivity index (χ1n) is 28.3. The largest absolute Gasteiger partial charge is 0.369 e. The van der Waals surface area contributed by atoms with Gasteiger partial charge in [0.15, 0.2) is 0 Å². The number of Topliss-reactive ketones (excluding diaryl/α,β-unsaturated/α-hetero) is 1. The van der Waals surface area contributed by atoms with E-state index in [0.29, 0.717) is 86.0 Å². The van der Waals surface area contributed by atoms with Crippen LogP contribution in [0.3, 0.4) is 0 Å². The smallest absolute Gasteiger partial charge is 0.334 e. The molecule has 87 heavy (non-hydrogen) atoms. The van der Waals surface area contributed by atoms with E-state index in [4.69, 9.17) is 45.8 Å². The number of hydrogen-bond acceptors (Lipinski definition) is 24.